The van der Waals surface area contributed by atoms with Crippen LogP contribution in [0.3, 0.4) is 0 Å². The number of ether oxygens (including phenoxy) is 1. The molecule has 2 rings (SSSR count). The van der Waals surface area contributed by atoms with Crippen LogP contribution in [0, 0.1) is 5.92 Å². The Hall–Kier alpha value is -1.55. The number of aliphatic hydroxyl groups excluding tert-OH is 1. The van der Waals surface area contributed by atoms with Gasteiger partial charge in [0.1, 0.15) is 5.75 Å². The van der Waals surface area contributed by atoms with E-state index >= 15 is 0 Å². The number of amides is 1. The van der Waals surface area contributed by atoms with Crippen LogP contribution >= 0.6 is 0 Å². The lowest BCUT2D eigenvalue weighted by molar-refractivity contribution is -0.121. The summed E-state index contributed by atoms with van der Waals surface area (Å²) in [6.45, 7) is 0.707. The van der Waals surface area contributed by atoms with Crippen molar-refractivity contribution in [2.75, 3.05) is 13.7 Å². The minimum atomic E-state index is -0.175. The predicted molar refractivity (Wildman–Crippen MR) is 86.9 cm³/mol. The molecular weight excluding hydrogens is 278 g/mol. The number of aryl methyl sites for hydroxylation is 1. The molecule has 2 unspecified atom stereocenters. The Labute approximate surface area is 132 Å². The van der Waals surface area contributed by atoms with E-state index in [4.69, 9.17) is 4.74 Å². The van der Waals surface area contributed by atoms with Gasteiger partial charge in [0, 0.05) is 13.0 Å². The summed E-state index contributed by atoms with van der Waals surface area (Å²) in [6.07, 6.45) is 6.05. The van der Waals surface area contributed by atoms with Crippen molar-refractivity contribution in [1.29, 1.82) is 0 Å². The molecule has 0 saturated heterocycles. The third-order valence-electron chi connectivity index (χ3n) is 4.37. The largest absolute Gasteiger partial charge is 0.497 e. The van der Waals surface area contributed by atoms with Crippen molar-refractivity contribution in [3.05, 3.63) is 29.8 Å². The average molecular weight is 305 g/mol. The van der Waals surface area contributed by atoms with Gasteiger partial charge in [-0.1, -0.05) is 18.6 Å². The van der Waals surface area contributed by atoms with E-state index in [1.807, 2.05) is 24.3 Å². The first kappa shape index (κ1) is 16.8. The van der Waals surface area contributed by atoms with Crippen LogP contribution in [-0.4, -0.2) is 30.8 Å². The van der Waals surface area contributed by atoms with E-state index in [-0.39, 0.29) is 12.0 Å². The number of nitrogens with one attached hydrogen (secondary N) is 1. The van der Waals surface area contributed by atoms with Gasteiger partial charge in [-0.25, -0.2) is 0 Å². The van der Waals surface area contributed by atoms with Gasteiger partial charge in [-0.2, -0.15) is 0 Å². The van der Waals surface area contributed by atoms with Crippen LogP contribution in [0.25, 0.3) is 0 Å². The quantitative estimate of drug-likeness (QED) is 0.814. The molecule has 1 aromatic rings. The van der Waals surface area contributed by atoms with Crippen molar-refractivity contribution in [3.8, 4) is 5.75 Å². The van der Waals surface area contributed by atoms with Gasteiger partial charge < -0.3 is 15.2 Å². The first-order valence-electron chi connectivity index (χ1n) is 8.25. The summed E-state index contributed by atoms with van der Waals surface area (Å²) >= 11 is 0. The second-order valence-corrected chi connectivity index (χ2v) is 6.19. The Morgan fingerprint density at radius 2 is 2.09 bits per heavy atom. The summed E-state index contributed by atoms with van der Waals surface area (Å²) in [5, 5.41) is 12.6. The molecule has 1 fully saturated rings. The van der Waals surface area contributed by atoms with Crippen LogP contribution in [-0.2, 0) is 11.2 Å². The topological polar surface area (TPSA) is 58.6 Å². The third-order valence-corrected chi connectivity index (χ3v) is 4.37. The van der Waals surface area contributed by atoms with Crippen molar-refractivity contribution in [1.82, 2.24) is 5.32 Å². The highest BCUT2D eigenvalue weighted by Crippen LogP contribution is 2.23. The maximum atomic E-state index is 11.9. The van der Waals surface area contributed by atoms with Gasteiger partial charge in [-0.15, -0.1) is 0 Å². The molecule has 2 N–H and O–H groups in total. The van der Waals surface area contributed by atoms with Crippen molar-refractivity contribution in [2.45, 2.75) is 51.0 Å². The molecule has 1 saturated carbocycles. The zero-order valence-corrected chi connectivity index (χ0v) is 13.4. The molecule has 0 radical (unpaired) electrons. The zero-order chi connectivity index (χ0) is 15.8. The smallest absolute Gasteiger partial charge is 0.220 e. The van der Waals surface area contributed by atoms with Gasteiger partial charge in [-0.05, 0) is 55.7 Å². The second-order valence-electron chi connectivity index (χ2n) is 6.19. The third kappa shape index (κ3) is 5.68. The number of carbonyl (C=O) groups is 1. The summed E-state index contributed by atoms with van der Waals surface area (Å²) < 4.78 is 5.13. The normalized spacial score (nSPS) is 21.4. The number of rotatable bonds is 7. The van der Waals surface area contributed by atoms with Crippen LogP contribution < -0.4 is 10.1 Å². The molecule has 1 aromatic carbocycles. The van der Waals surface area contributed by atoms with E-state index in [0.717, 1.165) is 44.3 Å². The lowest BCUT2D eigenvalue weighted by atomic mass is 9.87. The highest BCUT2D eigenvalue weighted by Gasteiger charge is 2.20. The molecule has 1 amide bonds. The van der Waals surface area contributed by atoms with E-state index < -0.39 is 0 Å². The van der Waals surface area contributed by atoms with E-state index in [0.29, 0.717) is 18.9 Å². The van der Waals surface area contributed by atoms with Crippen molar-refractivity contribution in [2.24, 2.45) is 5.92 Å². The fourth-order valence-corrected chi connectivity index (χ4v) is 3.04. The van der Waals surface area contributed by atoms with Crippen molar-refractivity contribution < 1.29 is 14.6 Å². The summed E-state index contributed by atoms with van der Waals surface area (Å²) in [4.78, 5) is 11.9. The number of carbonyl (C=O) groups excluding carboxylic acids is 1. The van der Waals surface area contributed by atoms with Crippen LogP contribution in [0.15, 0.2) is 24.3 Å². The molecule has 0 spiro atoms. The minimum absolute atomic E-state index is 0.119. The summed E-state index contributed by atoms with van der Waals surface area (Å²) in [6, 6.07) is 7.98. The predicted octanol–water partition coefficient (Wildman–Crippen LogP) is 2.69. The van der Waals surface area contributed by atoms with E-state index in [9.17, 15) is 9.90 Å². The fraction of sp³-hybridized carbons (Fsp3) is 0.611. The molecule has 4 nitrogen and oxygen atoms in total. The Balaban J connectivity index is 1.60. The van der Waals surface area contributed by atoms with Gasteiger partial charge in [0.05, 0.1) is 13.2 Å². The number of benzene rings is 1. The van der Waals surface area contributed by atoms with Gasteiger partial charge in [-0.3, -0.25) is 4.79 Å². The summed E-state index contributed by atoms with van der Waals surface area (Å²) in [5.74, 6) is 1.42. The fourth-order valence-electron chi connectivity index (χ4n) is 3.04. The van der Waals surface area contributed by atoms with Crippen molar-refractivity contribution in [3.63, 3.8) is 0 Å². The summed E-state index contributed by atoms with van der Waals surface area (Å²) in [5.41, 5.74) is 1.23. The number of aliphatic hydroxyl groups is 1. The standard InChI is InChI=1S/C18H27NO3/c1-22-17-10-8-14(9-11-17)4-3-7-18(21)19-13-15-5-2-6-16(20)12-15/h8-11,15-16,20H,2-7,12-13H2,1H3,(H,19,21). The number of hydrogen-bond acceptors (Lipinski definition) is 3. The Kier molecular flexibility index (Phi) is 6.72. The van der Waals surface area contributed by atoms with Gasteiger partial charge >= 0.3 is 0 Å². The van der Waals surface area contributed by atoms with E-state index in [1.54, 1.807) is 7.11 Å². The Morgan fingerprint density at radius 3 is 2.77 bits per heavy atom. The number of methoxy groups -OCH3 is 1. The molecule has 122 valence electrons. The molecule has 0 bridgehead atoms. The van der Waals surface area contributed by atoms with Gasteiger partial charge in [0.25, 0.3) is 0 Å². The van der Waals surface area contributed by atoms with Crippen molar-refractivity contribution >= 4 is 5.91 Å². The molecule has 0 aliphatic heterocycles. The van der Waals surface area contributed by atoms with Crippen LogP contribution in [0.2, 0.25) is 0 Å². The SMILES string of the molecule is COc1ccc(CCCC(=O)NCC2CCCC(O)C2)cc1. The van der Waals surface area contributed by atoms with Gasteiger partial charge in [0.15, 0.2) is 0 Å². The maximum Gasteiger partial charge on any atom is 0.220 e. The van der Waals surface area contributed by atoms with Gasteiger partial charge in [0.2, 0.25) is 5.91 Å². The Bertz CT molecular complexity index is 458. The highest BCUT2D eigenvalue weighted by molar-refractivity contribution is 5.75. The molecule has 1 aliphatic rings. The second kappa shape index (κ2) is 8.79. The van der Waals surface area contributed by atoms with E-state index in [1.165, 1.54) is 5.56 Å². The molecule has 0 heterocycles. The number of hydrogen-bond donors (Lipinski definition) is 2. The Morgan fingerprint density at radius 1 is 1.32 bits per heavy atom. The van der Waals surface area contributed by atoms with Crippen LogP contribution in [0.1, 0.15) is 44.1 Å². The van der Waals surface area contributed by atoms with Crippen LogP contribution in [0.5, 0.6) is 5.75 Å². The first-order valence-corrected chi connectivity index (χ1v) is 8.25. The molecule has 1 aliphatic carbocycles. The zero-order valence-electron chi connectivity index (χ0n) is 13.4. The van der Waals surface area contributed by atoms with Crippen LogP contribution in [0.4, 0.5) is 0 Å². The minimum Gasteiger partial charge on any atom is -0.497 e. The average Bonchev–Trinajstić information content (AvgIpc) is 2.54. The molecule has 22 heavy (non-hydrogen) atoms. The molecule has 2 atom stereocenters. The lowest BCUT2D eigenvalue weighted by Crippen LogP contribution is -2.32. The van der Waals surface area contributed by atoms with E-state index in [2.05, 4.69) is 5.32 Å². The highest BCUT2D eigenvalue weighted by atomic mass is 16.5. The summed E-state index contributed by atoms with van der Waals surface area (Å²) in [7, 11) is 1.66. The molecular formula is C18H27NO3. The molecule has 4 heteroatoms. The lowest BCUT2D eigenvalue weighted by Gasteiger charge is -2.25. The monoisotopic (exact) mass is 305 g/mol. The first-order chi connectivity index (χ1) is 10.7. The molecule has 0 aromatic heterocycles. The maximum absolute atomic E-state index is 11.9.